The first-order valence-electron chi connectivity index (χ1n) is 3.81. The Kier molecular flexibility index (Phi) is 3.15. The van der Waals surface area contributed by atoms with E-state index in [0.717, 1.165) is 7.11 Å². The highest BCUT2D eigenvalue weighted by Crippen LogP contribution is 2.34. The predicted octanol–water partition coefficient (Wildman–Crippen LogP) is 2.15. The van der Waals surface area contributed by atoms with Crippen LogP contribution in [0.15, 0.2) is 0 Å². The number of carbonyl (C=O) groups excluding carboxylic acids is 1. The molecule has 0 bridgehead atoms. The van der Waals surface area contributed by atoms with Crippen LogP contribution < -0.4 is 0 Å². The van der Waals surface area contributed by atoms with Crippen LogP contribution >= 0.6 is 0 Å². The first-order chi connectivity index (χ1) is 7.29. The van der Waals surface area contributed by atoms with Gasteiger partial charge in [-0.3, -0.25) is 5.10 Å². The number of halogens is 5. The van der Waals surface area contributed by atoms with Crippen LogP contribution in [-0.2, 0) is 10.9 Å². The molecule has 0 fully saturated rings. The summed E-state index contributed by atoms with van der Waals surface area (Å²) in [6.07, 6.45) is -8.29. The summed E-state index contributed by atoms with van der Waals surface area (Å²) >= 11 is 0. The highest BCUT2D eigenvalue weighted by atomic mass is 19.4. The quantitative estimate of drug-likeness (QED) is 0.640. The van der Waals surface area contributed by atoms with Crippen LogP contribution in [0.2, 0.25) is 0 Å². The molecule has 16 heavy (non-hydrogen) atoms. The molecular weight excluding hydrogens is 239 g/mol. The number of nitrogens with zero attached hydrogens (tertiary/aromatic N) is 1. The number of carbonyl (C=O) groups is 1. The van der Waals surface area contributed by atoms with Gasteiger partial charge in [0.15, 0.2) is 5.69 Å². The number of esters is 1. The minimum atomic E-state index is -4.98. The number of ether oxygens (including phenoxy) is 1. The van der Waals surface area contributed by atoms with Crippen molar-refractivity contribution in [2.24, 2.45) is 0 Å². The topological polar surface area (TPSA) is 55.0 Å². The average molecular weight is 244 g/mol. The SMILES string of the molecule is COC(=O)c1c(C(F)F)n[nH]c1C(F)(F)F. The molecule has 0 aromatic carbocycles. The summed E-state index contributed by atoms with van der Waals surface area (Å²) in [5.41, 5.74) is -4.21. The average Bonchev–Trinajstić information content (AvgIpc) is 2.59. The highest BCUT2D eigenvalue weighted by molar-refractivity contribution is 5.92. The van der Waals surface area contributed by atoms with Crippen LogP contribution in [0.5, 0.6) is 0 Å². The maximum absolute atomic E-state index is 12.3. The van der Waals surface area contributed by atoms with Gasteiger partial charge in [-0.1, -0.05) is 0 Å². The Balaban J connectivity index is 3.37. The zero-order valence-corrected chi connectivity index (χ0v) is 7.73. The summed E-state index contributed by atoms with van der Waals surface area (Å²) < 4.78 is 65.4. The molecule has 1 rings (SSSR count). The Morgan fingerprint density at radius 2 is 2.00 bits per heavy atom. The molecular formula is C7H5F5N2O2. The second kappa shape index (κ2) is 4.06. The predicted molar refractivity (Wildman–Crippen MR) is 39.9 cm³/mol. The van der Waals surface area contributed by atoms with Gasteiger partial charge in [0.2, 0.25) is 0 Å². The smallest absolute Gasteiger partial charge is 0.433 e. The van der Waals surface area contributed by atoms with Crippen molar-refractivity contribution in [2.75, 3.05) is 7.11 Å². The van der Waals surface area contributed by atoms with Crippen molar-refractivity contribution in [1.82, 2.24) is 10.2 Å². The number of aromatic amines is 1. The zero-order chi connectivity index (χ0) is 12.5. The number of rotatable bonds is 2. The van der Waals surface area contributed by atoms with Crippen LogP contribution in [0.1, 0.15) is 28.2 Å². The Hall–Kier alpha value is -1.67. The van der Waals surface area contributed by atoms with E-state index < -0.39 is 35.5 Å². The molecule has 0 spiro atoms. The summed E-state index contributed by atoms with van der Waals surface area (Å²) in [5, 5.41) is 4.11. The highest BCUT2D eigenvalue weighted by Gasteiger charge is 2.41. The van der Waals surface area contributed by atoms with Crippen LogP contribution in [0.3, 0.4) is 0 Å². The van der Waals surface area contributed by atoms with Gasteiger partial charge in [0, 0.05) is 0 Å². The molecule has 0 saturated carbocycles. The number of hydrogen-bond donors (Lipinski definition) is 1. The summed E-state index contributed by atoms with van der Waals surface area (Å²) in [5.74, 6) is -1.52. The van der Waals surface area contributed by atoms with Crippen molar-refractivity contribution >= 4 is 5.97 Å². The van der Waals surface area contributed by atoms with Gasteiger partial charge in [0.25, 0.3) is 6.43 Å². The van der Waals surface area contributed by atoms with E-state index in [2.05, 4.69) is 9.84 Å². The number of alkyl halides is 5. The molecule has 0 aliphatic rings. The lowest BCUT2D eigenvalue weighted by molar-refractivity contribution is -0.141. The molecule has 0 unspecified atom stereocenters. The molecule has 4 nitrogen and oxygen atoms in total. The third kappa shape index (κ3) is 2.12. The van der Waals surface area contributed by atoms with Crippen molar-refractivity contribution in [3.8, 4) is 0 Å². The molecule has 0 amide bonds. The number of aromatic nitrogens is 2. The minimum Gasteiger partial charge on any atom is -0.465 e. The van der Waals surface area contributed by atoms with Crippen molar-refractivity contribution in [2.45, 2.75) is 12.6 Å². The molecule has 1 N–H and O–H groups in total. The summed E-state index contributed by atoms with van der Waals surface area (Å²) in [4.78, 5) is 11.0. The van der Waals surface area contributed by atoms with Crippen LogP contribution in [-0.4, -0.2) is 23.3 Å². The van der Waals surface area contributed by atoms with Crippen molar-refractivity contribution in [3.63, 3.8) is 0 Å². The van der Waals surface area contributed by atoms with Crippen molar-refractivity contribution < 1.29 is 31.5 Å². The van der Waals surface area contributed by atoms with Crippen LogP contribution in [0.25, 0.3) is 0 Å². The summed E-state index contributed by atoms with van der Waals surface area (Å²) in [7, 11) is 0.782. The lowest BCUT2D eigenvalue weighted by Gasteiger charge is -2.06. The maximum Gasteiger partial charge on any atom is 0.433 e. The molecule has 0 aliphatic heterocycles. The third-order valence-electron chi connectivity index (χ3n) is 1.67. The Morgan fingerprint density at radius 1 is 1.44 bits per heavy atom. The standard InChI is InChI=1S/C7H5F5N2O2/c1-16-6(15)2-3(5(8)9)13-14-4(2)7(10,11)12/h5H,1H3,(H,13,14). The fourth-order valence-electron chi connectivity index (χ4n) is 1.03. The van der Waals surface area contributed by atoms with Gasteiger partial charge in [0.05, 0.1) is 7.11 Å². The van der Waals surface area contributed by atoms with Gasteiger partial charge < -0.3 is 4.74 Å². The van der Waals surface area contributed by atoms with Crippen molar-refractivity contribution in [1.29, 1.82) is 0 Å². The second-order valence-corrected chi connectivity index (χ2v) is 2.65. The van der Waals surface area contributed by atoms with Gasteiger partial charge in [-0.15, -0.1) is 0 Å². The van der Waals surface area contributed by atoms with Crippen LogP contribution in [0, 0.1) is 0 Å². The van der Waals surface area contributed by atoms with E-state index in [9.17, 15) is 26.7 Å². The molecule has 90 valence electrons. The number of methoxy groups -OCH3 is 1. The van der Waals surface area contributed by atoms with E-state index in [1.165, 1.54) is 5.10 Å². The van der Waals surface area contributed by atoms with E-state index in [-0.39, 0.29) is 0 Å². The largest absolute Gasteiger partial charge is 0.465 e. The fraction of sp³-hybridized carbons (Fsp3) is 0.429. The lowest BCUT2D eigenvalue weighted by Crippen LogP contribution is -2.14. The minimum absolute atomic E-state index is 0.782. The monoisotopic (exact) mass is 244 g/mol. The van der Waals surface area contributed by atoms with Crippen molar-refractivity contribution in [3.05, 3.63) is 17.0 Å². The molecule has 1 heterocycles. The summed E-state index contributed by atoms with van der Waals surface area (Å²) in [6, 6.07) is 0. The van der Waals surface area contributed by atoms with E-state index in [4.69, 9.17) is 0 Å². The third-order valence-corrected chi connectivity index (χ3v) is 1.67. The molecule has 0 atom stereocenters. The first-order valence-corrected chi connectivity index (χ1v) is 3.81. The molecule has 9 heteroatoms. The van der Waals surface area contributed by atoms with E-state index >= 15 is 0 Å². The Labute approximate surface area is 85.4 Å². The lowest BCUT2D eigenvalue weighted by atomic mass is 10.2. The van der Waals surface area contributed by atoms with Gasteiger partial charge in [-0.25, -0.2) is 13.6 Å². The maximum atomic E-state index is 12.3. The zero-order valence-electron chi connectivity index (χ0n) is 7.73. The molecule has 0 saturated heterocycles. The van der Waals surface area contributed by atoms with Gasteiger partial charge in [-0.05, 0) is 0 Å². The Bertz CT molecular complexity index is 398. The second-order valence-electron chi connectivity index (χ2n) is 2.65. The normalized spacial score (nSPS) is 11.9. The molecule has 1 aromatic rings. The molecule has 1 aromatic heterocycles. The van der Waals surface area contributed by atoms with E-state index in [0.29, 0.717) is 0 Å². The van der Waals surface area contributed by atoms with Crippen LogP contribution in [0.4, 0.5) is 22.0 Å². The number of hydrogen-bond acceptors (Lipinski definition) is 3. The first kappa shape index (κ1) is 12.4. The number of H-pyrrole nitrogens is 1. The fourth-order valence-corrected chi connectivity index (χ4v) is 1.03. The van der Waals surface area contributed by atoms with Gasteiger partial charge >= 0.3 is 12.1 Å². The molecule has 0 aliphatic carbocycles. The van der Waals surface area contributed by atoms with E-state index in [1.807, 2.05) is 0 Å². The Morgan fingerprint density at radius 3 is 2.38 bits per heavy atom. The number of nitrogens with one attached hydrogen (secondary N) is 1. The summed E-state index contributed by atoms with van der Waals surface area (Å²) in [6.45, 7) is 0. The van der Waals surface area contributed by atoms with Gasteiger partial charge in [0.1, 0.15) is 11.3 Å². The van der Waals surface area contributed by atoms with Gasteiger partial charge in [-0.2, -0.15) is 18.3 Å². The molecule has 0 radical (unpaired) electrons. The van der Waals surface area contributed by atoms with E-state index in [1.54, 1.807) is 0 Å².